The van der Waals surface area contributed by atoms with Crippen LogP contribution in [0.1, 0.15) is 39.0 Å². The Kier molecular flexibility index (Phi) is 3.34. The number of fused-ring (bicyclic) bond motifs is 1. The number of allylic oxidation sites excluding steroid dienone is 1. The molecule has 1 aliphatic carbocycles. The highest BCUT2D eigenvalue weighted by molar-refractivity contribution is 5.91. The number of aromatic carboxylic acids is 1. The van der Waals surface area contributed by atoms with Crippen LogP contribution in [0, 0.1) is 12.7 Å². The van der Waals surface area contributed by atoms with Crippen molar-refractivity contribution in [3.05, 3.63) is 76.1 Å². The molecule has 0 saturated carbocycles. The van der Waals surface area contributed by atoms with Gasteiger partial charge in [-0.2, -0.15) is 0 Å². The molecule has 0 heterocycles. The second-order valence-electron chi connectivity index (χ2n) is 5.29. The van der Waals surface area contributed by atoms with Crippen LogP contribution in [-0.2, 0) is 6.42 Å². The Morgan fingerprint density at radius 2 is 1.95 bits per heavy atom. The Labute approximate surface area is 122 Å². The lowest BCUT2D eigenvalue weighted by Crippen LogP contribution is -2.05. The summed E-state index contributed by atoms with van der Waals surface area (Å²) in [6.07, 6.45) is 3.83. The molecular formula is C18H15FO2. The minimum Gasteiger partial charge on any atom is -0.478 e. The lowest BCUT2D eigenvalue weighted by molar-refractivity contribution is 0.0697. The van der Waals surface area contributed by atoms with Gasteiger partial charge in [-0.05, 0) is 71.9 Å². The molecule has 0 unspecified atom stereocenters. The highest BCUT2D eigenvalue weighted by atomic mass is 19.1. The molecule has 106 valence electrons. The van der Waals surface area contributed by atoms with Crippen molar-refractivity contribution < 1.29 is 14.3 Å². The van der Waals surface area contributed by atoms with Crippen LogP contribution >= 0.6 is 0 Å². The second-order valence-corrected chi connectivity index (χ2v) is 5.29. The first kappa shape index (κ1) is 13.6. The summed E-state index contributed by atoms with van der Waals surface area (Å²) < 4.78 is 13.6. The van der Waals surface area contributed by atoms with Crippen molar-refractivity contribution in [2.45, 2.75) is 19.8 Å². The Morgan fingerprint density at radius 3 is 2.71 bits per heavy atom. The van der Waals surface area contributed by atoms with Crippen molar-refractivity contribution in [2.24, 2.45) is 0 Å². The summed E-state index contributed by atoms with van der Waals surface area (Å²) in [6, 6.07) is 9.89. The van der Waals surface area contributed by atoms with Crippen molar-refractivity contribution in [1.29, 1.82) is 0 Å². The van der Waals surface area contributed by atoms with Gasteiger partial charge >= 0.3 is 5.97 Å². The summed E-state index contributed by atoms with van der Waals surface area (Å²) in [5, 5.41) is 9.16. The molecule has 2 aromatic rings. The highest BCUT2D eigenvalue weighted by Crippen LogP contribution is 2.34. The smallest absolute Gasteiger partial charge is 0.335 e. The van der Waals surface area contributed by atoms with Gasteiger partial charge in [0.25, 0.3) is 0 Å². The first-order valence-electron chi connectivity index (χ1n) is 6.89. The minimum atomic E-state index is -0.946. The molecular weight excluding hydrogens is 267 g/mol. The average molecular weight is 282 g/mol. The summed E-state index contributed by atoms with van der Waals surface area (Å²) in [7, 11) is 0. The molecule has 1 aliphatic rings. The van der Waals surface area contributed by atoms with E-state index in [9.17, 15) is 9.18 Å². The Hall–Kier alpha value is -2.42. The Bertz CT molecular complexity index is 760. The van der Waals surface area contributed by atoms with Gasteiger partial charge in [0.15, 0.2) is 0 Å². The molecule has 3 heteroatoms. The van der Waals surface area contributed by atoms with E-state index in [1.165, 1.54) is 12.1 Å². The van der Waals surface area contributed by atoms with Gasteiger partial charge in [0.1, 0.15) is 5.82 Å². The Morgan fingerprint density at radius 1 is 1.14 bits per heavy atom. The third kappa shape index (κ3) is 2.47. The van der Waals surface area contributed by atoms with Crippen LogP contribution in [0.3, 0.4) is 0 Å². The predicted molar refractivity (Wildman–Crippen MR) is 79.9 cm³/mol. The van der Waals surface area contributed by atoms with Gasteiger partial charge < -0.3 is 5.11 Å². The maximum atomic E-state index is 13.6. The molecule has 0 atom stereocenters. The first-order valence-corrected chi connectivity index (χ1v) is 6.89. The highest BCUT2D eigenvalue weighted by Gasteiger charge is 2.18. The number of carbonyl (C=O) groups is 1. The number of carboxylic acid groups (broad SMARTS) is 1. The largest absolute Gasteiger partial charge is 0.478 e. The maximum Gasteiger partial charge on any atom is 0.335 e. The fourth-order valence-corrected chi connectivity index (χ4v) is 2.80. The summed E-state index contributed by atoms with van der Waals surface area (Å²) in [4.78, 5) is 11.2. The number of benzene rings is 2. The van der Waals surface area contributed by atoms with Crippen LogP contribution < -0.4 is 0 Å². The third-order valence-electron chi connectivity index (χ3n) is 3.90. The number of aryl methyl sites for hydroxylation is 2. The Balaban J connectivity index is 2.18. The molecule has 1 N–H and O–H groups in total. The molecule has 0 spiro atoms. The van der Waals surface area contributed by atoms with Crippen LogP contribution in [0.5, 0.6) is 0 Å². The van der Waals surface area contributed by atoms with Crippen LogP contribution in [0.4, 0.5) is 4.39 Å². The standard InChI is InChI=1S/C18H15FO2/c1-11-5-8-14(19)10-16(11)15-4-2-3-12-6-7-13(18(20)21)9-17(12)15/h4-10H,2-3H2,1H3,(H,20,21). The van der Waals surface area contributed by atoms with E-state index in [4.69, 9.17) is 5.11 Å². The zero-order valence-corrected chi connectivity index (χ0v) is 11.7. The fourth-order valence-electron chi connectivity index (χ4n) is 2.80. The van der Waals surface area contributed by atoms with Crippen molar-refractivity contribution in [2.75, 3.05) is 0 Å². The molecule has 2 aromatic carbocycles. The van der Waals surface area contributed by atoms with E-state index in [-0.39, 0.29) is 11.4 Å². The fraction of sp³-hybridized carbons (Fsp3) is 0.167. The van der Waals surface area contributed by atoms with Crippen LogP contribution in [-0.4, -0.2) is 11.1 Å². The first-order chi connectivity index (χ1) is 10.1. The quantitative estimate of drug-likeness (QED) is 0.895. The van der Waals surface area contributed by atoms with Gasteiger partial charge in [0.05, 0.1) is 5.56 Å². The lowest BCUT2D eigenvalue weighted by Gasteiger charge is -2.20. The number of carboxylic acids is 1. The van der Waals surface area contributed by atoms with E-state index in [0.29, 0.717) is 0 Å². The van der Waals surface area contributed by atoms with Gasteiger partial charge in [-0.15, -0.1) is 0 Å². The summed E-state index contributed by atoms with van der Waals surface area (Å²) in [5.41, 5.74) is 5.01. The normalized spacial score (nSPS) is 13.5. The zero-order chi connectivity index (χ0) is 15.0. The number of hydrogen-bond acceptors (Lipinski definition) is 1. The third-order valence-corrected chi connectivity index (χ3v) is 3.90. The van der Waals surface area contributed by atoms with Crippen molar-refractivity contribution in [3.63, 3.8) is 0 Å². The lowest BCUT2D eigenvalue weighted by atomic mass is 9.84. The van der Waals surface area contributed by atoms with Gasteiger partial charge in [-0.3, -0.25) is 0 Å². The van der Waals surface area contributed by atoms with E-state index in [2.05, 4.69) is 6.08 Å². The van der Waals surface area contributed by atoms with E-state index >= 15 is 0 Å². The number of halogens is 1. The van der Waals surface area contributed by atoms with Crippen molar-refractivity contribution in [1.82, 2.24) is 0 Å². The monoisotopic (exact) mass is 282 g/mol. The van der Waals surface area contributed by atoms with Gasteiger partial charge in [0.2, 0.25) is 0 Å². The molecule has 0 aromatic heterocycles. The molecule has 0 aliphatic heterocycles. The SMILES string of the molecule is Cc1ccc(F)cc1C1=CCCc2ccc(C(=O)O)cc21. The van der Waals surface area contributed by atoms with E-state index in [0.717, 1.165) is 40.7 Å². The molecule has 0 saturated heterocycles. The summed E-state index contributed by atoms with van der Waals surface area (Å²) >= 11 is 0. The average Bonchev–Trinajstić information content (AvgIpc) is 2.48. The molecule has 0 radical (unpaired) electrons. The van der Waals surface area contributed by atoms with E-state index in [1.807, 2.05) is 13.0 Å². The van der Waals surface area contributed by atoms with Crippen LogP contribution in [0.25, 0.3) is 5.57 Å². The molecule has 2 nitrogen and oxygen atoms in total. The maximum absolute atomic E-state index is 13.6. The molecule has 3 rings (SSSR count). The molecule has 0 bridgehead atoms. The van der Waals surface area contributed by atoms with Gasteiger partial charge in [-0.1, -0.05) is 18.2 Å². The summed E-state index contributed by atoms with van der Waals surface area (Å²) in [5.74, 6) is -1.23. The van der Waals surface area contributed by atoms with E-state index < -0.39 is 5.97 Å². The molecule has 21 heavy (non-hydrogen) atoms. The van der Waals surface area contributed by atoms with Gasteiger partial charge in [0, 0.05) is 0 Å². The van der Waals surface area contributed by atoms with Crippen molar-refractivity contribution >= 4 is 11.5 Å². The second kappa shape index (κ2) is 5.17. The molecule has 0 fully saturated rings. The van der Waals surface area contributed by atoms with E-state index in [1.54, 1.807) is 18.2 Å². The number of rotatable bonds is 2. The predicted octanol–water partition coefficient (Wildman–Crippen LogP) is 4.21. The summed E-state index contributed by atoms with van der Waals surface area (Å²) in [6.45, 7) is 1.94. The number of hydrogen-bond donors (Lipinski definition) is 1. The zero-order valence-electron chi connectivity index (χ0n) is 11.7. The van der Waals surface area contributed by atoms with Crippen LogP contribution in [0.2, 0.25) is 0 Å². The molecule has 0 amide bonds. The van der Waals surface area contributed by atoms with Crippen molar-refractivity contribution in [3.8, 4) is 0 Å². The minimum absolute atomic E-state index is 0.260. The topological polar surface area (TPSA) is 37.3 Å². The van der Waals surface area contributed by atoms with Gasteiger partial charge in [-0.25, -0.2) is 9.18 Å². The van der Waals surface area contributed by atoms with Crippen LogP contribution in [0.15, 0.2) is 42.5 Å².